The molecule has 0 bridgehead atoms. The van der Waals surface area contributed by atoms with E-state index in [1.807, 2.05) is 0 Å². The molecule has 0 fully saturated rings. The number of para-hydroxylation sites is 1. The third-order valence-electron chi connectivity index (χ3n) is 9.82. The Morgan fingerprint density at radius 3 is 1.51 bits per heavy atom. The van der Waals surface area contributed by atoms with E-state index in [0.717, 1.165) is 11.4 Å². The molecule has 9 aromatic rings. The van der Waals surface area contributed by atoms with Crippen LogP contribution in [0.15, 0.2) is 176 Å². The van der Waals surface area contributed by atoms with Gasteiger partial charge in [0.2, 0.25) is 0 Å². The standard InChI is InChI=1S/C48H35N/c1-32-25-33(2)27-41(26-32)49(39-15-7-4-8-16-39)40-24-23-35-28-37(22-21-36(35)29-40)47-31-38-30-46(34-13-5-3-6-14-34)42-17-9-11-19-44(42)48(38)45-20-12-10-18-43(45)47/h3-31H,1-2H3. The van der Waals surface area contributed by atoms with Crippen molar-refractivity contribution in [2.24, 2.45) is 0 Å². The Morgan fingerprint density at radius 2 is 0.857 bits per heavy atom. The number of benzene rings is 9. The zero-order chi connectivity index (χ0) is 32.9. The largest absolute Gasteiger partial charge is 0.310 e. The fourth-order valence-electron chi connectivity index (χ4n) is 7.72. The molecule has 0 saturated carbocycles. The van der Waals surface area contributed by atoms with Crippen LogP contribution in [0.1, 0.15) is 11.1 Å². The van der Waals surface area contributed by atoms with Crippen LogP contribution in [-0.2, 0) is 0 Å². The molecule has 0 aliphatic rings. The molecule has 1 nitrogen and oxygen atoms in total. The van der Waals surface area contributed by atoms with Gasteiger partial charge >= 0.3 is 0 Å². The van der Waals surface area contributed by atoms with E-state index < -0.39 is 0 Å². The SMILES string of the molecule is Cc1cc(C)cc(N(c2ccccc2)c2ccc3cc(-c4cc5cc(-c6ccccc6)c6ccccc6c5c5ccccc45)ccc3c2)c1. The minimum absolute atomic E-state index is 1.15. The Bertz CT molecular complexity index is 2650. The van der Waals surface area contributed by atoms with Gasteiger partial charge < -0.3 is 4.90 Å². The summed E-state index contributed by atoms with van der Waals surface area (Å²) in [7, 11) is 0. The lowest BCUT2D eigenvalue weighted by Gasteiger charge is -2.26. The molecule has 232 valence electrons. The second kappa shape index (κ2) is 11.8. The first-order valence-corrected chi connectivity index (χ1v) is 17.0. The van der Waals surface area contributed by atoms with Crippen LogP contribution in [0.5, 0.6) is 0 Å². The van der Waals surface area contributed by atoms with Crippen LogP contribution < -0.4 is 4.90 Å². The molecule has 0 unspecified atom stereocenters. The molecule has 0 radical (unpaired) electrons. The number of hydrogen-bond acceptors (Lipinski definition) is 1. The van der Waals surface area contributed by atoms with Crippen LogP contribution in [0.3, 0.4) is 0 Å². The molecule has 0 aromatic heterocycles. The Balaban J connectivity index is 1.22. The van der Waals surface area contributed by atoms with E-state index in [1.54, 1.807) is 0 Å². The molecule has 9 rings (SSSR count). The molecule has 0 amide bonds. The van der Waals surface area contributed by atoms with Crippen LogP contribution in [0.2, 0.25) is 0 Å². The lowest BCUT2D eigenvalue weighted by molar-refractivity contribution is 1.26. The predicted molar refractivity (Wildman–Crippen MR) is 211 cm³/mol. The smallest absolute Gasteiger partial charge is 0.0468 e. The van der Waals surface area contributed by atoms with Crippen molar-refractivity contribution in [2.75, 3.05) is 4.90 Å². The van der Waals surface area contributed by atoms with Crippen molar-refractivity contribution >= 4 is 60.2 Å². The summed E-state index contributed by atoms with van der Waals surface area (Å²) in [5, 5.41) is 10.1. The van der Waals surface area contributed by atoms with E-state index in [-0.39, 0.29) is 0 Å². The average Bonchev–Trinajstić information content (AvgIpc) is 3.14. The molecule has 0 heterocycles. The third kappa shape index (κ3) is 5.12. The molecule has 49 heavy (non-hydrogen) atoms. The van der Waals surface area contributed by atoms with Gasteiger partial charge in [-0.2, -0.15) is 0 Å². The van der Waals surface area contributed by atoms with Crippen molar-refractivity contribution in [3.8, 4) is 22.3 Å². The number of aryl methyl sites for hydroxylation is 2. The van der Waals surface area contributed by atoms with E-state index in [1.165, 1.54) is 82.2 Å². The summed E-state index contributed by atoms with van der Waals surface area (Å²) in [5.74, 6) is 0. The van der Waals surface area contributed by atoms with Crippen molar-refractivity contribution in [3.63, 3.8) is 0 Å². The molecule has 0 saturated heterocycles. The Kier molecular flexibility index (Phi) is 6.99. The molecule has 0 aliphatic heterocycles. The monoisotopic (exact) mass is 625 g/mol. The van der Waals surface area contributed by atoms with Gasteiger partial charge in [0.05, 0.1) is 0 Å². The summed E-state index contributed by atoms with van der Waals surface area (Å²) >= 11 is 0. The minimum Gasteiger partial charge on any atom is -0.310 e. The van der Waals surface area contributed by atoms with Crippen LogP contribution in [-0.4, -0.2) is 0 Å². The maximum Gasteiger partial charge on any atom is 0.0468 e. The van der Waals surface area contributed by atoms with Gasteiger partial charge in [-0.1, -0.05) is 121 Å². The second-order valence-corrected chi connectivity index (χ2v) is 13.2. The second-order valence-electron chi connectivity index (χ2n) is 13.2. The molecule has 9 aromatic carbocycles. The molecule has 0 aliphatic carbocycles. The van der Waals surface area contributed by atoms with Crippen molar-refractivity contribution in [1.82, 2.24) is 0 Å². The van der Waals surface area contributed by atoms with E-state index in [0.29, 0.717) is 0 Å². The Hall–Kier alpha value is -6.18. The first-order chi connectivity index (χ1) is 24.1. The Labute approximate surface area is 287 Å². The zero-order valence-electron chi connectivity index (χ0n) is 27.7. The van der Waals surface area contributed by atoms with Gasteiger partial charge in [-0.05, 0) is 145 Å². The van der Waals surface area contributed by atoms with Gasteiger partial charge in [-0.3, -0.25) is 0 Å². The van der Waals surface area contributed by atoms with Crippen molar-refractivity contribution in [3.05, 3.63) is 187 Å². The van der Waals surface area contributed by atoms with Crippen LogP contribution >= 0.6 is 0 Å². The highest BCUT2D eigenvalue weighted by Crippen LogP contribution is 2.43. The summed E-state index contributed by atoms with van der Waals surface area (Å²) < 4.78 is 0. The number of fused-ring (bicyclic) bond motifs is 6. The number of hydrogen-bond donors (Lipinski definition) is 0. The van der Waals surface area contributed by atoms with Crippen LogP contribution in [0.4, 0.5) is 17.1 Å². The molecule has 0 atom stereocenters. The molecule has 1 heteroatoms. The van der Waals surface area contributed by atoms with Crippen molar-refractivity contribution in [2.45, 2.75) is 13.8 Å². The minimum atomic E-state index is 1.15. The topological polar surface area (TPSA) is 3.24 Å². The van der Waals surface area contributed by atoms with Crippen molar-refractivity contribution < 1.29 is 0 Å². The maximum absolute atomic E-state index is 2.41. The number of nitrogens with zero attached hydrogens (tertiary/aromatic N) is 1. The molecular formula is C48H35N. The summed E-state index contributed by atoms with van der Waals surface area (Å²) in [6, 6.07) is 64.5. The van der Waals surface area contributed by atoms with Gasteiger partial charge in [0, 0.05) is 17.1 Å². The first-order valence-electron chi connectivity index (χ1n) is 17.0. The van der Waals surface area contributed by atoms with Gasteiger partial charge in [-0.15, -0.1) is 0 Å². The molecule has 0 spiro atoms. The lowest BCUT2D eigenvalue weighted by atomic mass is 9.87. The summed E-state index contributed by atoms with van der Waals surface area (Å²) in [6.07, 6.45) is 0. The maximum atomic E-state index is 2.41. The zero-order valence-corrected chi connectivity index (χ0v) is 27.7. The van der Waals surface area contributed by atoms with Gasteiger partial charge in [-0.25, -0.2) is 0 Å². The van der Waals surface area contributed by atoms with Crippen LogP contribution in [0.25, 0.3) is 65.3 Å². The summed E-state index contributed by atoms with van der Waals surface area (Å²) in [6.45, 7) is 4.34. The fraction of sp³-hybridized carbons (Fsp3) is 0.0417. The quantitative estimate of drug-likeness (QED) is 0.172. The molecular weight excluding hydrogens is 591 g/mol. The number of anilines is 3. The Morgan fingerprint density at radius 1 is 0.327 bits per heavy atom. The highest BCUT2D eigenvalue weighted by atomic mass is 15.1. The highest BCUT2D eigenvalue weighted by molar-refractivity contribution is 6.25. The van der Waals surface area contributed by atoms with Gasteiger partial charge in [0.1, 0.15) is 0 Å². The van der Waals surface area contributed by atoms with Crippen molar-refractivity contribution in [1.29, 1.82) is 0 Å². The fourth-order valence-corrected chi connectivity index (χ4v) is 7.72. The number of rotatable bonds is 5. The highest BCUT2D eigenvalue weighted by Gasteiger charge is 2.16. The normalized spacial score (nSPS) is 11.5. The lowest BCUT2D eigenvalue weighted by Crippen LogP contribution is -2.10. The molecule has 0 N–H and O–H groups in total. The van der Waals surface area contributed by atoms with E-state index in [2.05, 4.69) is 195 Å². The predicted octanol–water partition coefficient (Wildman–Crippen LogP) is 13.7. The summed E-state index contributed by atoms with van der Waals surface area (Å²) in [5.41, 5.74) is 11.0. The van der Waals surface area contributed by atoms with E-state index in [4.69, 9.17) is 0 Å². The van der Waals surface area contributed by atoms with E-state index in [9.17, 15) is 0 Å². The van der Waals surface area contributed by atoms with Crippen LogP contribution in [0, 0.1) is 13.8 Å². The first kappa shape index (κ1) is 29.0. The van der Waals surface area contributed by atoms with Gasteiger partial charge in [0.15, 0.2) is 0 Å². The summed E-state index contributed by atoms with van der Waals surface area (Å²) in [4.78, 5) is 2.36. The van der Waals surface area contributed by atoms with Gasteiger partial charge in [0.25, 0.3) is 0 Å². The van der Waals surface area contributed by atoms with E-state index >= 15 is 0 Å². The third-order valence-corrected chi connectivity index (χ3v) is 9.82. The average molecular weight is 626 g/mol.